The van der Waals surface area contributed by atoms with Crippen molar-refractivity contribution in [2.45, 2.75) is 75.2 Å². The number of urea groups is 1. The number of halogens is 1. The van der Waals surface area contributed by atoms with E-state index in [-0.39, 0.29) is 32.4 Å². The van der Waals surface area contributed by atoms with Gasteiger partial charge in [0.2, 0.25) is 29.5 Å². The van der Waals surface area contributed by atoms with Gasteiger partial charge in [0.05, 0.1) is 17.0 Å². The van der Waals surface area contributed by atoms with Crippen LogP contribution in [0.1, 0.15) is 52.7 Å². The molecular formula is C49H54FN9O15. The summed E-state index contributed by atoms with van der Waals surface area (Å²) in [6.07, 6.45) is -2.35. The molecule has 11 N–H and O–H groups in total. The summed E-state index contributed by atoms with van der Waals surface area (Å²) in [5, 5.41) is 58.3. The molecule has 0 aliphatic rings. The van der Waals surface area contributed by atoms with E-state index >= 15 is 0 Å². The molecule has 0 bridgehead atoms. The number of carboxylic acid groups (broad SMARTS) is 3. The van der Waals surface area contributed by atoms with Gasteiger partial charge in [-0.15, -0.1) is 0 Å². The third-order valence-electron chi connectivity index (χ3n) is 10.8. The number of carboxylic acids is 3. The fourth-order valence-corrected chi connectivity index (χ4v) is 7.03. The average molecular weight is 1030 g/mol. The fourth-order valence-electron chi connectivity index (χ4n) is 7.03. The molecular weight excluding hydrogens is 973 g/mol. The molecule has 5 atom stereocenters. The smallest absolute Gasteiger partial charge is 0.326 e. The van der Waals surface area contributed by atoms with Crippen LogP contribution in [0.2, 0.25) is 0 Å². The van der Waals surface area contributed by atoms with Crippen molar-refractivity contribution in [1.29, 1.82) is 0 Å². The molecule has 0 spiro atoms. The number of aliphatic carboxylic acids is 3. The minimum atomic E-state index is -1.70. The maximum atomic E-state index is 14.8. The summed E-state index contributed by atoms with van der Waals surface area (Å²) in [7, 11) is 0. The second-order valence-corrected chi connectivity index (χ2v) is 16.4. The molecule has 392 valence electrons. The Bertz CT molecular complexity index is 2650. The molecule has 0 fully saturated rings. The Hall–Kier alpha value is -9.29. The van der Waals surface area contributed by atoms with Gasteiger partial charge in [-0.3, -0.25) is 43.7 Å². The first-order valence-corrected chi connectivity index (χ1v) is 22.8. The van der Waals surface area contributed by atoms with Crippen molar-refractivity contribution in [3.63, 3.8) is 0 Å². The Morgan fingerprint density at radius 3 is 1.46 bits per heavy atom. The average Bonchev–Trinajstić information content (AvgIpc) is 3.37. The normalized spacial score (nSPS) is 12.7. The maximum Gasteiger partial charge on any atom is 0.326 e. The van der Waals surface area contributed by atoms with Gasteiger partial charge >= 0.3 is 23.9 Å². The first-order chi connectivity index (χ1) is 35.3. The molecule has 4 rings (SSSR count). The van der Waals surface area contributed by atoms with Crippen LogP contribution < -0.4 is 42.5 Å². The molecule has 2 unspecified atom stereocenters. The highest BCUT2D eigenvalue weighted by Gasteiger charge is 2.30. The second-order valence-electron chi connectivity index (χ2n) is 16.4. The van der Waals surface area contributed by atoms with Crippen LogP contribution in [-0.2, 0) is 57.6 Å². The topological polar surface area (TPSA) is 371 Å². The Labute approximate surface area is 421 Å². The van der Waals surface area contributed by atoms with Crippen LogP contribution in [-0.4, -0.2) is 129 Å². The van der Waals surface area contributed by atoms with Gasteiger partial charge in [-0.2, -0.15) is 0 Å². The highest BCUT2D eigenvalue weighted by molar-refractivity contribution is 5.99. The lowest BCUT2D eigenvalue weighted by Crippen LogP contribution is -2.56. The quantitative estimate of drug-likeness (QED) is 0.0203. The van der Waals surface area contributed by atoms with E-state index in [4.69, 9.17) is 5.11 Å². The zero-order valence-electron chi connectivity index (χ0n) is 39.4. The van der Waals surface area contributed by atoms with Gasteiger partial charge in [-0.25, -0.2) is 18.8 Å². The number of hydrogen-bond acceptors (Lipinski definition) is 12. The molecule has 0 saturated carbocycles. The maximum absolute atomic E-state index is 14.8. The van der Waals surface area contributed by atoms with E-state index in [1.165, 1.54) is 0 Å². The third-order valence-corrected chi connectivity index (χ3v) is 10.8. The number of amides is 8. The second kappa shape index (κ2) is 29.1. The number of carbonyl (C=O) groups is 10. The van der Waals surface area contributed by atoms with Crippen LogP contribution in [0.25, 0.3) is 0 Å². The zero-order chi connectivity index (χ0) is 54.2. The Morgan fingerprint density at radius 2 is 0.973 bits per heavy atom. The number of nitro groups is 1. The molecule has 0 heterocycles. The monoisotopic (exact) mass is 1030 g/mol. The van der Waals surface area contributed by atoms with E-state index < -0.39 is 144 Å². The predicted octanol–water partition coefficient (Wildman–Crippen LogP) is 0.729. The number of benzene rings is 4. The number of rotatable bonds is 29. The van der Waals surface area contributed by atoms with Gasteiger partial charge < -0.3 is 57.9 Å². The first kappa shape index (κ1) is 57.3. The number of nitro benzene ring substituents is 1. The van der Waals surface area contributed by atoms with E-state index in [9.17, 15) is 72.7 Å². The van der Waals surface area contributed by atoms with Crippen LogP contribution in [0, 0.1) is 15.9 Å². The Morgan fingerprint density at radius 1 is 0.514 bits per heavy atom. The van der Waals surface area contributed by atoms with Crippen molar-refractivity contribution >= 4 is 65.1 Å². The minimum Gasteiger partial charge on any atom is -0.481 e. The van der Waals surface area contributed by atoms with Crippen LogP contribution in [0.15, 0.2) is 109 Å². The number of non-ortho nitro benzene ring substituents is 1. The van der Waals surface area contributed by atoms with Crippen LogP contribution >= 0.6 is 0 Å². The number of hydrogen-bond donors (Lipinski definition) is 11. The lowest BCUT2D eigenvalue weighted by atomic mass is 10.0. The van der Waals surface area contributed by atoms with Crippen LogP contribution in [0.4, 0.5) is 14.9 Å². The summed E-state index contributed by atoms with van der Waals surface area (Å²) in [5.41, 5.74) is 0.535. The van der Waals surface area contributed by atoms with Crippen molar-refractivity contribution in [2.24, 2.45) is 0 Å². The molecule has 74 heavy (non-hydrogen) atoms. The molecule has 0 saturated heterocycles. The summed E-state index contributed by atoms with van der Waals surface area (Å²) in [6.45, 7) is -0.948. The van der Waals surface area contributed by atoms with Gasteiger partial charge in [0.15, 0.2) is 0 Å². The third kappa shape index (κ3) is 19.8. The zero-order valence-corrected chi connectivity index (χ0v) is 39.4. The lowest BCUT2D eigenvalue weighted by Gasteiger charge is -2.23. The molecule has 0 aromatic heterocycles. The lowest BCUT2D eigenvalue weighted by molar-refractivity contribution is -0.384. The first-order valence-electron chi connectivity index (χ1n) is 22.8. The van der Waals surface area contributed by atoms with Crippen molar-refractivity contribution in [2.75, 3.05) is 19.6 Å². The fraction of sp³-hybridized carbons (Fsp3) is 0.306. The van der Waals surface area contributed by atoms with Gasteiger partial charge in [0.25, 0.3) is 11.6 Å². The highest BCUT2D eigenvalue weighted by atomic mass is 18.2. The van der Waals surface area contributed by atoms with Crippen LogP contribution in [0.5, 0.6) is 0 Å². The number of nitrogens with zero attached hydrogens (tertiary/aromatic N) is 1. The van der Waals surface area contributed by atoms with E-state index in [2.05, 4.69) is 31.9 Å². The highest BCUT2D eigenvalue weighted by Crippen LogP contribution is 2.18. The molecule has 0 aliphatic heterocycles. The summed E-state index contributed by atoms with van der Waals surface area (Å²) in [5.74, 6) is -10.6. The largest absolute Gasteiger partial charge is 0.481 e. The minimum absolute atomic E-state index is 0.0246. The summed E-state index contributed by atoms with van der Waals surface area (Å²) in [4.78, 5) is 137. The standard InChI is InChI=1S/C49H54FN9O15/c50-34-17-16-32(59(73)74)27-33(34)43(64)55-39(26-31-14-8-3-9-15-31)46(67)56-38(25-30-12-6-2-7-13-30)45(66)53-28-41(61)51-22-23-52-44(65)37(24-29-10-4-1-5-11-29)54-40(60)20-18-35(47(68)69)57-49(72)58-36(48(70)71)19-21-42(62)63/h1-17,27,35-39H,18-26,28H2,(H,51,61)(H,52,65)(H,53,66)(H,54,60)(H,55,64)(H,56,67)(H,62,63)(H,68,69)(H,70,71)(H2,57,58,72)/t35?,36?,37-,38-,39-/m0/s1/i50-1. The van der Waals surface area contributed by atoms with Crippen molar-refractivity contribution in [3.05, 3.63) is 147 Å². The predicted molar refractivity (Wildman–Crippen MR) is 258 cm³/mol. The van der Waals surface area contributed by atoms with Gasteiger partial charge in [0.1, 0.15) is 36.0 Å². The van der Waals surface area contributed by atoms with Crippen LogP contribution in [0.3, 0.4) is 0 Å². The van der Waals surface area contributed by atoms with E-state index in [0.717, 1.165) is 18.2 Å². The summed E-state index contributed by atoms with van der Waals surface area (Å²) >= 11 is 0. The van der Waals surface area contributed by atoms with Gasteiger partial charge in [0, 0.05) is 57.3 Å². The number of carbonyl (C=O) groups excluding carboxylic acids is 7. The Balaban J connectivity index is 1.35. The van der Waals surface area contributed by atoms with Crippen molar-refractivity contribution in [3.8, 4) is 0 Å². The van der Waals surface area contributed by atoms with Gasteiger partial charge in [-0.1, -0.05) is 91.0 Å². The molecule has 8 amide bonds. The van der Waals surface area contributed by atoms with Crippen molar-refractivity contribution < 1.29 is 72.6 Å². The van der Waals surface area contributed by atoms with Crippen molar-refractivity contribution in [1.82, 2.24) is 42.5 Å². The molecule has 0 aliphatic carbocycles. The molecule has 4 aromatic rings. The summed E-state index contributed by atoms with van der Waals surface area (Å²) < 4.78 is 14.8. The molecule has 0 radical (unpaired) electrons. The van der Waals surface area contributed by atoms with E-state index in [0.29, 0.717) is 16.7 Å². The molecule has 24 nitrogen and oxygen atoms in total. The SMILES string of the molecule is O=C(O)CCC(NC(=O)NC(CCC(=O)N[C@@H](Cc1ccccc1)C(=O)NCCNC(=O)CNC(=O)[C@H](Cc1ccccc1)NC(=O)[C@H](Cc1ccccc1)NC(=O)c1cc([N+](=O)[O-])ccc1[18F])C(=O)O)C(=O)O. The number of nitrogens with one attached hydrogen (secondary N) is 8. The Kier molecular flexibility index (Phi) is 22.6. The van der Waals surface area contributed by atoms with E-state index in [1.54, 1.807) is 91.0 Å². The molecule has 4 aromatic carbocycles. The summed E-state index contributed by atoms with van der Waals surface area (Å²) in [6, 6.07) is 19.2. The van der Waals surface area contributed by atoms with E-state index in [1.807, 2.05) is 10.6 Å². The van der Waals surface area contributed by atoms with Gasteiger partial charge in [-0.05, 0) is 35.6 Å². The molecule has 25 heteroatoms.